The first-order chi connectivity index (χ1) is 16.6. The molecule has 35 heavy (non-hydrogen) atoms. The van der Waals surface area contributed by atoms with Crippen molar-refractivity contribution in [1.29, 1.82) is 0 Å². The Balaban J connectivity index is 1.18. The number of anilines is 1. The van der Waals surface area contributed by atoms with Crippen LogP contribution in [0.25, 0.3) is 0 Å². The zero-order valence-corrected chi connectivity index (χ0v) is 20.9. The average Bonchev–Trinajstić information content (AvgIpc) is 2.74. The van der Waals surface area contributed by atoms with E-state index in [1.54, 1.807) is 6.07 Å². The number of rotatable bonds is 6. The van der Waals surface area contributed by atoms with Crippen molar-refractivity contribution in [3.63, 3.8) is 0 Å². The van der Waals surface area contributed by atoms with Crippen LogP contribution in [0, 0.1) is 11.7 Å². The standard InChI is InChI=1S/C26H37FN4O4/c1-26(2,3)30-25(34)35-19-13-18(14-19)28-15-16-8-10-31(11-9-16)22-6-4-17(12-21(22)27)20-5-7-23(32)29-24(20)33/h4,6,12,16,18-20,28H,5,7-11,13-15H2,1-3H3,(H,30,34)(H,29,32,33). The monoisotopic (exact) mass is 488 g/mol. The van der Waals surface area contributed by atoms with Gasteiger partial charge in [0, 0.05) is 31.1 Å². The van der Waals surface area contributed by atoms with E-state index in [9.17, 15) is 18.8 Å². The van der Waals surface area contributed by atoms with Gasteiger partial charge in [0.25, 0.3) is 0 Å². The van der Waals surface area contributed by atoms with E-state index in [0.29, 0.717) is 29.6 Å². The highest BCUT2D eigenvalue weighted by Gasteiger charge is 2.33. The van der Waals surface area contributed by atoms with E-state index in [-0.39, 0.29) is 41.8 Å². The molecule has 4 rings (SSSR count). The summed E-state index contributed by atoms with van der Waals surface area (Å²) in [5.74, 6) is -0.882. The summed E-state index contributed by atoms with van der Waals surface area (Å²) in [5, 5.41) is 8.75. The third kappa shape index (κ3) is 6.72. The summed E-state index contributed by atoms with van der Waals surface area (Å²) >= 11 is 0. The van der Waals surface area contributed by atoms with Gasteiger partial charge in [-0.1, -0.05) is 6.07 Å². The molecule has 1 aliphatic carbocycles. The zero-order chi connectivity index (χ0) is 25.2. The molecule has 3 N–H and O–H groups in total. The van der Waals surface area contributed by atoms with Gasteiger partial charge in [-0.25, -0.2) is 9.18 Å². The van der Waals surface area contributed by atoms with Crippen molar-refractivity contribution in [1.82, 2.24) is 16.0 Å². The van der Waals surface area contributed by atoms with E-state index < -0.39 is 5.92 Å². The second-order valence-corrected chi connectivity index (χ2v) is 11.1. The molecular weight excluding hydrogens is 451 g/mol. The van der Waals surface area contributed by atoms with E-state index in [4.69, 9.17) is 4.74 Å². The largest absolute Gasteiger partial charge is 0.446 e. The fraction of sp³-hybridized carbons (Fsp3) is 0.654. The number of halogens is 1. The highest BCUT2D eigenvalue weighted by atomic mass is 19.1. The number of ether oxygens (including phenoxy) is 1. The van der Waals surface area contributed by atoms with Crippen LogP contribution in [-0.4, -0.2) is 55.2 Å². The van der Waals surface area contributed by atoms with Crippen molar-refractivity contribution in [2.45, 2.75) is 82.9 Å². The molecule has 2 heterocycles. The van der Waals surface area contributed by atoms with Crippen molar-refractivity contribution in [2.75, 3.05) is 24.5 Å². The van der Waals surface area contributed by atoms with Crippen LogP contribution in [0.3, 0.4) is 0 Å². The number of alkyl carbamates (subject to hydrolysis) is 1. The second kappa shape index (κ2) is 10.5. The maximum Gasteiger partial charge on any atom is 0.407 e. The van der Waals surface area contributed by atoms with Gasteiger partial charge in [-0.2, -0.15) is 0 Å². The molecule has 1 atom stereocenters. The van der Waals surface area contributed by atoms with Crippen LogP contribution in [-0.2, 0) is 14.3 Å². The highest BCUT2D eigenvalue weighted by molar-refractivity contribution is 6.00. The van der Waals surface area contributed by atoms with Gasteiger partial charge in [0.1, 0.15) is 11.9 Å². The summed E-state index contributed by atoms with van der Waals surface area (Å²) < 4.78 is 20.4. The number of carbonyl (C=O) groups excluding carboxylic acids is 3. The average molecular weight is 489 g/mol. The Bertz CT molecular complexity index is 949. The summed E-state index contributed by atoms with van der Waals surface area (Å²) in [6.07, 6.45) is 3.93. The highest BCUT2D eigenvalue weighted by Crippen LogP contribution is 2.31. The third-order valence-electron chi connectivity index (χ3n) is 7.11. The van der Waals surface area contributed by atoms with E-state index in [1.165, 1.54) is 6.07 Å². The summed E-state index contributed by atoms with van der Waals surface area (Å²) in [4.78, 5) is 37.4. The molecule has 3 fully saturated rings. The molecule has 1 aromatic rings. The lowest BCUT2D eigenvalue weighted by Crippen LogP contribution is -2.50. The van der Waals surface area contributed by atoms with Gasteiger partial charge in [0.05, 0.1) is 11.6 Å². The summed E-state index contributed by atoms with van der Waals surface area (Å²) in [5.41, 5.74) is 0.889. The van der Waals surface area contributed by atoms with E-state index >= 15 is 0 Å². The number of benzene rings is 1. The van der Waals surface area contributed by atoms with Gasteiger partial charge >= 0.3 is 6.09 Å². The minimum Gasteiger partial charge on any atom is -0.446 e. The lowest BCUT2D eigenvalue weighted by Gasteiger charge is -2.38. The van der Waals surface area contributed by atoms with Gasteiger partial charge in [-0.15, -0.1) is 0 Å². The molecular formula is C26H37FN4O4. The fourth-order valence-electron chi connectivity index (χ4n) is 5.03. The van der Waals surface area contributed by atoms with Crippen LogP contribution < -0.4 is 20.9 Å². The van der Waals surface area contributed by atoms with Crippen molar-refractivity contribution in [3.05, 3.63) is 29.6 Å². The van der Waals surface area contributed by atoms with Crippen LogP contribution >= 0.6 is 0 Å². The first kappa shape index (κ1) is 25.4. The van der Waals surface area contributed by atoms with Crippen molar-refractivity contribution in [2.24, 2.45) is 5.92 Å². The number of piperidine rings is 2. The molecule has 0 bridgehead atoms. The Kier molecular flexibility index (Phi) is 7.64. The number of hydrogen-bond donors (Lipinski definition) is 3. The molecule has 2 aliphatic heterocycles. The Morgan fingerprint density at radius 2 is 1.89 bits per heavy atom. The van der Waals surface area contributed by atoms with E-state index in [1.807, 2.05) is 26.8 Å². The van der Waals surface area contributed by atoms with Crippen molar-refractivity contribution >= 4 is 23.6 Å². The third-order valence-corrected chi connectivity index (χ3v) is 7.11. The zero-order valence-electron chi connectivity index (χ0n) is 20.9. The maximum absolute atomic E-state index is 14.9. The molecule has 3 aliphatic rings. The van der Waals surface area contributed by atoms with E-state index in [2.05, 4.69) is 20.9 Å². The van der Waals surface area contributed by atoms with Crippen molar-refractivity contribution in [3.8, 4) is 0 Å². The Morgan fingerprint density at radius 3 is 2.51 bits per heavy atom. The number of amides is 3. The molecule has 0 radical (unpaired) electrons. The number of nitrogens with zero attached hydrogens (tertiary/aromatic N) is 1. The molecule has 2 saturated heterocycles. The molecule has 8 nitrogen and oxygen atoms in total. The first-order valence-electron chi connectivity index (χ1n) is 12.7. The number of hydrogen-bond acceptors (Lipinski definition) is 6. The normalized spacial score (nSPS) is 25.6. The minimum atomic E-state index is -0.475. The van der Waals surface area contributed by atoms with Gasteiger partial charge in [-0.05, 0) is 83.0 Å². The Labute approximate surface area is 206 Å². The van der Waals surface area contributed by atoms with Crippen LogP contribution in [0.2, 0.25) is 0 Å². The number of imide groups is 1. The van der Waals surface area contributed by atoms with Crippen LogP contribution in [0.15, 0.2) is 18.2 Å². The second-order valence-electron chi connectivity index (χ2n) is 11.1. The van der Waals surface area contributed by atoms with Gasteiger partial charge in [0.2, 0.25) is 11.8 Å². The summed E-state index contributed by atoms with van der Waals surface area (Å²) in [6, 6.07) is 5.39. The van der Waals surface area contributed by atoms with Gasteiger partial charge in [0.15, 0.2) is 0 Å². The maximum atomic E-state index is 14.9. The molecule has 1 saturated carbocycles. The molecule has 1 unspecified atom stereocenters. The topological polar surface area (TPSA) is 99.8 Å². The Morgan fingerprint density at radius 1 is 1.17 bits per heavy atom. The number of carbonyl (C=O) groups is 3. The lowest BCUT2D eigenvalue weighted by molar-refractivity contribution is -0.134. The predicted octanol–water partition coefficient (Wildman–Crippen LogP) is 3.21. The van der Waals surface area contributed by atoms with Gasteiger partial charge < -0.3 is 20.3 Å². The molecule has 0 aromatic heterocycles. The van der Waals surface area contributed by atoms with Crippen LogP contribution in [0.4, 0.5) is 14.9 Å². The van der Waals surface area contributed by atoms with E-state index in [0.717, 1.165) is 45.3 Å². The van der Waals surface area contributed by atoms with Crippen molar-refractivity contribution < 1.29 is 23.5 Å². The predicted molar refractivity (Wildman–Crippen MR) is 131 cm³/mol. The molecule has 1 aromatic carbocycles. The molecule has 0 spiro atoms. The minimum absolute atomic E-state index is 0.0252. The summed E-state index contributed by atoms with van der Waals surface area (Å²) in [6.45, 7) is 8.26. The number of nitrogens with one attached hydrogen (secondary N) is 3. The molecule has 3 amide bonds. The van der Waals surface area contributed by atoms with Crippen LogP contribution in [0.5, 0.6) is 0 Å². The Hall–Kier alpha value is -2.68. The molecule has 192 valence electrons. The van der Waals surface area contributed by atoms with Gasteiger partial charge in [-0.3, -0.25) is 14.9 Å². The summed E-state index contributed by atoms with van der Waals surface area (Å²) in [7, 11) is 0. The SMILES string of the molecule is CC(C)(C)NC(=O)OC1CC(NCC2CCN(c3ccc(C4CCC(=O)NC4=O)cc3F)CC2)C1. The lowest BCUT2D eigenvalue weighted by atomic mass is 9.88. The van der Waals surface area contributed by atoms with Crippen LogP contribution in [0.1, 0.15) is 70.8 Å². The quantitative estimate of drug-likeness (QED) is 0.532. The fourth-order valence-corrected chi connectivity index (χ4v) is 5.03. The smallest absolute Gasteiger partial charge is 0.407 e. The molecule has 9 heteroatoms. The first-order valence-corrected chi connectivity index (χ1v) is 12.7.